The molecule has 2 amide bonds. The van der Waals surface area contributed by atoms with Crippen LogP contribution in [-0.2, 0) is 4.79 Å². The molecule has 212 valence electrons. The van der Waals surface area contributed by atoms with E-state index >= 15 is 0 Å². The van der Waals surface area contributed by atoms with Crippen molar-refractivity contribution in [2.75, 3.05) is 24.2 Å². The number of anilines is 1. The summed E-state index contributed by atoms with van der Waals surface area (Å²) in [6.45, 7) is 1.28. The number of halogens is 3. The Morgan fingerprint density at radius 2 is 1.73 bits per heavy atom. The van der Waals surface area contributed by atoms with Crippen molar-refractivity contribution in [2.45, 2.75) is 30.0 Å². The summed E-state index contributed by atoms with van der Waals surface area (Å²) in [7, 11) is 0. The normalized spacial score (nSPS) is 14.1. The number of thiazole rings is 1. The molecule has 0 aliphatic carbocycles. The Bertz CT molecular complexity index is 1490. The van der Waals surface area contributed by atoms with E-state index in [0.29, 0.717) is 41.4 Å². The molecule has 41 heavy (non-hydrogen) atoms. The average Bonchev–Trinajstić information content (AvgIpc) is 3.47. The van der Waals surface area contributed by atoms with Gasteiger partial charge in [0.2, 0.25) is 5.91 Å². The van der Waals surface area contributed by atoms with Gasteiger partial charge >= 0.3 is 6.36 Å². The lowest BCUT2D eigenvalue weighted by atomic mass is 9.97. The number of nitrogens with one attached hydrogen (secondary N) is 1. The first kappa shape index (κ1) is 28.6. The molecular formula is C29H25F3N4O3S2. The van der Waals surface area contributed by atoms with E-state index in [1.165, 1.54) is 47.4 Å². The second-order valence-corrected chi connectivity index (χ2v) is 11.2. The van der Waals surface area contributed by atoms with E-state index in [1.54, 1.807) is 42.0 Å². The molecular weight excluding hydrogens is 573 g/mol. The third kappa shape index (κ3) is 7.65. The number of carbonyl (C=O) groups excluding carboxylic acids is 2. The summed E-state index contributed by atoms with van der Waals surface area (Å²) in [5.74, 6) is -0.0493. The zero-order valence-corrected chi connectivity index (χ0v) is 23.3. The van der Waals surface area contributed by atoms with E-state index < -0.39 is 6.36 Å². The summed E-state index contributed by atoms with van der Waals surface area (Å²) in [6.07, 6.45) is 0.194. The lowest BCUT2D eigenvalue weighted by Gasteiger charge is -2.31. The number of carbonyl (C=O) groups is 2. The van der Waals surface area contributed by atoms with Crippen molar-refractivity contribution in [3.05, 3.63) is 89.1 Å². The number of hydrogen-bond donors (Lipinski definition) is 1. The first-order valence-corrected chi connectivity index (χ1v) is 14.6. The fourth-order valence-corrected chi connectivity index (χ4v) is 6.25. The molecule has 0 radical (unpaired) electrons. The van der Waals surface area contributed by atoms with Gasteiger partial charge in [-0.25, -0.2) is 4.98 Å². The summed E-state index contributed by atoms with van der Waals surface area (Å²) >= 11 is 2.92. The fourth-order valence-electron chi connectivity index (χ4n) is 4.49. The summed E-state index contributed by atoms with van der Waals surface area (Å²) in [5.41, 5.74) is 2.07. The molecule has 5 rings (SSSR count). The van der Waals surface area contributed by atoms with Crippen molar-refractivity contribution in [2.24, 2.45) is 0 Å². The van der Waals surface area contributed by atoms with Gasteiger partial charge in [0, 0.05) is 52.9 Å². The highest BCUT2D eigenvalue weighted by molar-refractivity contribution is 8.00. The number of pyridine rings is 1. The molecule has 0 atom stereocenters. The Hall–Kier alpha value is -3.90. The van der Waals surface area contributed by atoms with Gasteiger partial charge in [-0.3, -0.25) is 14.6 Å². The molecule has 2 aromatic heterocycles. The van der Waals surface area contributed by atoms with Crippen molar-refractivity contribution in [3.8, 4) is 16.9 Å². The van der Waals surface area contributed by atoms with Crippen LogP contribution in [0.5, 0.6) is 5.75 Å². The average molecular weight is 599 g/mol. The Kier molecular flexibility index (Phi) is 8.89. The first-order chi connectivity index (χ1) is 19.7. The second-order valence-electron chi connectivity index (χ2n) is 9.27. The van der Waals surface area contributed by atoms with Crippen LogP contribution in [0.25, 0.3) is 11.1 Å². The van der Waals surface area contributed by atoms with Gasteiger partial charge in [-0.05, 0) is 48.7 Å². The molecule has 0 spiro atoms. The second kappa shape index (κ2) is 12.7. The van der Waals surface area contributed by atoms with Crippen LogP contribution >= 0.6 is 23.1 Å². The number of amides is 2. The van der Waals surface area contributed by atoms with E-state index in [9.17, 15) is 22.8 Å². The van der Waals surface area contributed by atoms with Crippen LogP contribution < -0.4 is 10.1 Å². The number of hydrogen-bond acceptors (Lipinski definition) is 7. The highest BCUT2D eigenvalue weighted by Crippen LogP contribution is 2.33. The SMILES string of the molecule is O=C(Nc1ccccc1-c1ccc(OC(F)(F)F)cc1)c1csc(C2CCN(C(=O)CSc3ccncc3)CC2)n1. The Balaban J connectivity index is 1.17. The van der Waals surface area contributed by atoms with Gasteiger partial charge in [0.05, 0.1) is 10.8 Å². The molecule has 4 aromatic rings. The number of nitrogens with zero attached hydrogens (tertiary/aromatic N) is 3. The van der Waals surface area contributed by atoms with Crippen LogP contribution in [-0.4, -0.2) is 51.9 Å². The van der Waals surface area contributed by atoms with Gasteiger partial charge < -0.3 is 15.0 Å². The lowest BCUT2D eigenvalue weighted by molar-refractivity contribution is -0.274. The number of aromatic nitrogens is 2. The summed E-state index contributed by atoms with van der Waals surface area (Å²) in [5, 5.41) is 5.46. The van der Waals surface area contributed by atoms with Crippen molar-refractivity contribution < 1.29 is 27.5 Å². The third-order valence-corrected chi connectivity index (χ3v) is 8.54. The highest BCUT2D eigenvalue weighted by Gasteiger charge is 2.31. The Labute approximate surface area is 242 Å². The predicted octanol–water partition coefficient (Wildman–Crippen LogP) is 6.85. The van der Waals surface area contributed by atoms with Crippen molar-refractivity contribution in [1.82, 2.24) is 14.9 Å². The van der Waals surface area contributed by atoms with Gasteiger partial charge in [0.15, 0.2) is 0 Å². The number of ether oxygens (including phenoxy) is 1. The van der Waals surface area contributed by atoms with Crippen LogP contribution in [0.4, 0.5) is 18.9 Å². The molecule has 1 fully saturated rings. The van der Waals surface area contributed by atoms with Crippen molar-refractivity contribution in [3.63, 3.8) is 0 Å². The number of para-hydroxylation sites is 1. The molecule has 0 saturated carbocycles. The zero-order valence-electron chi connectivity index (χ0n) is 21.6. The molecule has 3 heterocycles. The van der Waals surface area contributed by atoms with Crippen LogP contribution in [0.1, 0.15) is 34.3 Å². The topological polar surface area (TPSA) is 84.4 Å². The molecule has 0 unspecified atom stereocenters. The number of rotatable bonds is 8. The maximum atomic E-state index is 13.1. The Morgan fingerprint density at radius 1 is 1.02 bits per heavy atom. The number of alkyl halides is 3. The van der Waals surface area contributed by atoms with Crippen LogP contribution in [0.2, 0.25) is 0 Å². The highest BCUT2D eigenvalue weighted by atomic mass is 32.2. The van der Waals surface area contributed by atoms with Crippen LogP contribution in [0, 0.1) is 0 Å². The first-order valence-electron chi connectivity index (χ1n) is 12.8. The van der Waals surface area contributed by atoms with Crippen LogP contribution in [0.15, 0.2) is 83.3 Å². The molecule has 2 aromatic carbocycles. The van der Waals surface area contributed by atoms with E-state index in [2.05, 4.69) is 20.0 Å². The smallest absolute Gasteiger partial charge is 0.406 e. The molecule has 7 nitrogen and oxygen atoms in total. The predicted molar refractivity (Wildman–Crippen MR) is 152 cm³/mol. The van der Waals surface area contributed by atoms with Gasteiger partial charge in [-0.2, -0.15) is 0 Å². The van der Waals surface area contributed by atoms with Gasteiger partial charge in [0.25, 0.3) is 5.91 Å². The van der Waals surface area contributed by atoms with E-state index in [0.717, 1.165) is 22.7 Å². The minimum Gasteiger partial charge on any atom is -0.406 e. The number of piperidine rings is 1. The summed E-state index contributed by atoms with van der Waals surface area (Å²) in [4.78, 5) is 37.2. The molecule has 1 saturated heterocycles. The lowest BCUT2D eigenvalue weighted by Crippen LogP contribution is -2.38. The number of benzene rings is 2. The maximum Gasteiger partial charge on any atom is 0.573 e. The van der Waals surface area contributed by atoms with Gasteiger partial charge in [-0.15, -0.1) is 36.3 Å². The van der Waals surface area contributed by atoms with E-state index in [-0.39, 0.29) is 23.5 Å². The minimum absolute atomic E-state index is 0.102. The molecule has 1 N–H and O–H groups in total. The fraction of sp³-hybridized carbons (Fsp3) is 0.241. The standard InChI is InChI=1S/C29H25F3N4O3S2/c30-29(31,32)39-21-7-5-19(6-8-21)23-3-1-2-4-24(23)34-27(38)25-17-41-28(35-25)20-11-15-36(16-12-20)26(37)18-40-22-9-13-33-14-10-22/h1-10,13-14,17,20H,11-12,15-16,18H2,(H,34,38). The maximum absolute atomic E-state index is 13.1. The van der Waals surface area contributed by atoms with Crippen LogP contribution in [0.3, 0.4) is 0 Å². The van der Waals surface area contributed by atoms with Gasteiger partial charge in [0.1, 0.15) is 11.4 Å². The van der Waals surface area contributed by atoms with E-state index in [4.69, 9.17) is 0 Å². The summed E-state index contributed by atoms with van der Waals surface area (Å²) in [6, 6.07) is 16.3. The van der Waals surface area contributed by atoms with Gasteiger partial charge in [-0.1, -0.05) is 30.3 Å². The molecule has 12 heteroatoms. The third-order valence-electron chi connectivity index (χ3n) is 6.54. The molecule has 0 bridgehead atoms. The quantitative estimate of drug-likeness (QED) is 0.223. The van der Waals surface area contributed by atoms with Crippen molar-refractivity contribution >= 4 is 40.6 Å². The number of thioether (sulfide) groups is 1. The molecule has 1 aliphatic heterocycles. The minimum atomic E-state index is -4.77. The number of likely N-dealkylation sites (tertiary alicyclic amines) is 1. The van der Waals surface area contributed by atoms with Crippen molar-refractivity contribution in [1.29, 1.82) is 0 Å². The summed E-state index contributed by atoms with van der Waals surface area (Å²) < 4.78 is 41.4. The monoisotopic (exact) mass is 598 g/mol. The van der Waals surface area contributed by atoms with E-state index in [1.807, 2.05) is 17.0 Å². The largest absolute Gasteiger partial charge is 0.573 e. The Morgan fingerprint density at radius 3 is 2.44 bits per heavy atom. The molecule has 1 aliphatic rings. The zero-order chi connectivity index (χ0) is 28.8.